The lowest BCUT2D eigenvalue weighted by Crippen LogP contribution is -2.30. The van der Waals surface area contributed by atoms with E-state index in [0.29, 0.717) is 5.82 Å². The fraction of sp³-hybridized carbons (Fsp3) is 0.263. The van der Waals surface area contributed by atoms with Crippen molar-refractivity contribution in [2.24, 2.45) is 0 Å². The molecule has 0 saturated carbocycles. The Morgan fingerprint density at radius 1 is 0.920 bits per heavy atom. The van der Waals surface area contributed by atoms with Crippen molar-refractivity contribution in [2.75, 3.05) is 18.0 Å². The summed E-state index contributed by atoms with van der Waals surface area (Å²) in [6, 6.07) is 14.4. The Kier molecular flexibility index (Phi) is 4.01. The van der Waals surface area contributed by atoms with E-state index >= 15 is 0 Å². The lowest BCUT2D eigenvalue weighted by atomic mass is 10.1. The molecule has 1 aliphatic heterocycles. The van der Waals surface area contributed by atoms with Crippen LogP contribution in [0.1, 0.15) is 19.3 Å². The predicted octanol–water partition coefficient (Wildman–Crippen LogP) is 4.20. The smallest absolute Gasteiger partial charge is 0.269 e. The van der Waals surface area contributed by atoms with Crippen molar-refractivity contribution in [1.29, 1.82) is 0 Å². The van der Waals surface area contributed by atoms with Gasteiger partial charge in [0.05, 0.1) is 10.4 Å². The molecule has 25 heavy (non-hydrogen) atoms. The molecule has 4 rings (SSSR count). The van der Waals surface area contributed by atoms with Gasteiger partial charge in [-0.15, -0.1) is 0 Å². The van der Waals surface area contributed by atoms with E-state index in [-0.39, 0.29) is 5.69 Å². The van der Waals surface area contributed by atoms with E-state index in [2.05, 4.69) is 16.0 Å². The zero-order valence-corrected chi connectivity index (χ0v) is 13.8. The maximum absolute atomic E-state index is 10.9. The Morgan fingerprint density at radius 3 is 2.36 bits per heavy atom. The van der Waals surface area contributed by atoms with Crippen LogP contribution in [0.15, 0.2) is 48.5 Å². The molecule has 0 amide bonds. The second-order valence-electron chi connectivity index (χ2n) is 6.24. The topological polar surface area (TPSA) is 72.2 Å². The van der Waals surface area contributed by atoms with Gasteiger partial charge in [-0.2, -0.15) is 0 Å². The monoisotopic (exact) mass is 334 g/mol. The summed E-state index contributed by atoms with van der Waals surface area (Å²) >= 11 is 0. The summed E-state index contributed by atoms with van der Waals surface area (Å²) in [5.74, 6) is 1.56. The molecule has 1 aliphatic rings. The summed E-state index contributed by atoms with van der Waals surface area (Å²) in [4.78, 5) is 22.3. The maximum atomic E-state index is 10.9. The largest absolute Gasteiger partial charge is 0.356 e. The van der Waals surface area contributed by atoms with Crippen LogP contribution in [0.5, 0.6) is 0 Å². The Hall–Kier alpha value is -3.02. The summed E-state index contributed by atoms with van der Waals surface area (Å²) in [5.41, 5.74) is 1.75. The number of non-ortho nitro benzene ring substituents is 1. The SMILES string of the molecule is O=[N+]([O-])c1ccc(-c2nc(N3CCCCC3)c3ccccc3n2)cc1. The van der Waals surface area contributed by atoms with Crippen LogP contribution in [0, 0.1) is 10.1 Å². The van der Waals surface area contributed by atoms with Crippen LogP contribution in [0.3, 0.4) is 0 Å². The molecule has 1 aromatic heterocycles. The Balaban J connectivity index is 1.82. The number of para-hydroxylation sites is 1. The number of piperidine rings is 1. The molecule has 0 aliphatic carbocycles. The second kappa shape index (κ2) is 6.47. The van der Waals surface area contributed by atoms with Crippen molar-refractivity contribution in [1.82, 2.24) is 9.97 Å². The van der Waals surface area contributed by atoms with E-state index in [4.69, 9.17) is 4.98 Å². The van der Waals surface area contributed by atoms with E-state index in [9.17, 15) is 10.1 Å². The van der Waals surface area contributed by atoms with Crippen molar-refractivity contribution >= 4 is 22.4 Å². The van der Waals surface area contributed by atoms with Gasteiger partial charge in [-0.25, -0.2) is 9.97 Å². The predicted molar refractivity (Wildman–Crippen MR) is 97.7 cm³/mol. The summed E-state index contributed by atoms with van der Waals surface area (Å²) in [6.45, 7) is 2.00. The second-order valence-corrected chi connectivity index (χ2v) is 6.24. The third kappa shape index (κ3) is 3.03. The van der Waals surface area contributed by atoms with Crippen LogP contribution in [-0.4, -0.2) is 28.0 Å². The Bertz CT molecular complexity index is 918. The van der Waals surface area contributed by atoms with Crippen molar-refractivity contribution in [3.05, 3.63) is 58.6 Å². The summed E-state index contributed by atoms with van der Waals surface area (Å²) in [5, 5.41) is 11.9. The molecule has 126 valence electrons. The van der Waals surface area contributed by atoms with Crippen LogP contribution in [0.25, 0.3) is 22.3 Å². The minimum atomic E-state index is -0.399. The number of nitro groups is 1. The van der Waals surface area contributed by atoms with Crippen molar-refractivity contribution in [2.45, 2.75) is 19.3 Å². The quantitative estimate of drug-likeness (QED) is 0.530. The standard InChI is InChI=1S/C19H18N4O2/c24-23(25)15-10-8-14(9-11-15)18-20-17-7-3-2-6-16(17)19(21-18)22-12-4-1-5-13-22/h2-3,6-11H,1,4-5,12-13H2. The van der Waals surface area contributed by atoms with Crippen LogP contribution in [0.4, 0.5) is 11.5 Å². The van der Waals surface area contributed by atoms with Crippen LogP contribution in [0.2, 0.25) is 0 Å². The van der Waals surface area contributed by atoms with Gasteiger partial charge in [0.25, 0.3) is 5.69 Å². The minimum Gasteiger partial charge on any atom is -0.356 e. The Morgan fingerprint density at radius 2 is 1.64 bits per heavy atom. The fourth-order valence-electron chi connectivity index (χ4n) is 3.27. The van der Waals surface area contributed by atoms with Crippen molar-refractivity contribution < 1.29 is 4.92 Å². The molecule has 1 fully saturated rings. The summed E-state index contributed by atoms with van der Waals surface area (Å²) < 4.78 is 0. The minimum absolute atomic E-state index is 0.0702. The molecule has 0 bridgehead atoms. The van der Waals surface area contributed by atoms with E-state index in [1.807, 2.05) is 18.2 Å². The first kappa shape index (κ1) is 15.5. The lowest BCUT2D eigenvalue weighted by molar-refractivity contribution is -0.384. The molecule has 0 N–H and O–H groups in total. The number of rotatable bonds is 3. The van der Waals surface area contributed by atoms with Gasteiger partial charge in [-0.1, -0.05) is 12.1 Å². The number of fused-ring (bicyclic) bond motifs is 1. The van der Waals surface area contributed by atoms with Gasteiger partial charge in [0, 0.05) is 36.2 Å². The molecular weight excluding hydrogens is 316 g/mol. The van der Waals surface area contributed by atoms with Gasteiger partial charge in [0.15, 0.2) is 5.82 Å². The molecule has 0 radical (unpaired) electrons. The molecule has 1 saturated heterocycles. The van der Waals surface area contributed by atoms with E-state index in [1.54, 1.807) is 12.1 Å². The maximum Gasteiger partial charge on any atom is 0.269 e. The normalized spacial score (nSPS) is 14.6. The molecule has 0 atom stereocenters. The Labute approximate surface area is 145 Å². The fourth-order valence-corrected chi connectivity index (χ4v) is 3.27. The third-order valence-electron chi connectivity index (χ3n) is 4.58. The van der Waals surface area contributed by atoms with E-state index < -0.39 is 4.92 Å². The number of nitrogens with zero attached hydrogens (tertiary/aromatic N) is 4. The van der Waals surface area contributed by atoms with E-state index in [0.717, 1.165) is 35.4 Å². The highest BCUT2D eigenvalue weighted by atomic mass is 16.6. The number of aromatic nitrogens is 2. The highest BCUT2D eigenvalue weighted by molar-refractivity contribution is 5.91. The van der Waals surface area contributed by atoms with Gasteiger partial charge in [0.1, 0.15) is 5.82 Å². The molecule has 2 heterocycles. The number of hydrogen-bond donors (Lipinski definition) is 0. The van der Waals surface area contributed by atoms with E-state index in [1.165, 1.54) is 31.4 Å². The molecular formula is C19H18N4O2. The van der Waals surface area contributed by atoms with Crippen molar-refractivity contribution in [3.63, 3.8) is 0 Å². The van der Waals surface area contributed by atoms with Crippen LogP contribution in [-0.2, 0) is 0 Å². The molecule has 3 aromatic rings. The average molecular weight is 334 g/mol. The molecule has 2 aromatic carbocycles. The van der Waals surface area contributed by atoms with Crippen molar-refractivity contribution in [3.8, 4) is 11.4 Å². The van der Waals surface area contributed by atoms with Crippen LogP contribution >= 0.6 is 0 Å². The lowest BCUT2D eigenvalue weighted by Gasteiger charge is -2.29. The summed E-state index contributed by atoms with van der Waals surface area (Å²) in [6.07, 6.45) is 3.60. The zero-order valence-electron chi connectivity index (χ0n) is 13.8. The first-order valence-electron chi connectivity index (χ1n) is 8.49. The number of nitro benzene ring substituents is 1. The number of hydrogen-bond acceptors (Lipinski definition) is 5. The van der Waals surface area contributed by atoms with Crippen LogP contribution < -0.4 is 4.90 Å². The van der Waals surface area contributed by atoms with Gasteiger partial charge in [-0.3, -0.25) is 10.1 Å². The molecule has 0 unspecified atom stereocenters. The van der Waals surface area contributed by atoms with Gasteiger partial charge < -0.3 is 4.90 Å². The summed E-state index contributed by atoms with van der Waals surface area (Å²) in [7, 11) is 0. The van der Waals surface area contributed by atoms with Gasteiger partial charge in [0.2, 0.25) is 0 Å². The average Bonchev–Trinajstić information content (AvgIpc) is 2.68. The number of anilines is 1. The zero-order chi connectivity index (χ0) is 17.2. The first-order chi connectivity index (χ1) is 12.2. The third-order valence-corrected chi connectivity index (χ3v) is 4.58. The number of benzene rings is 2. The molecule has 6 nitrogen and oxygen atoms in total. The molecule has 6 heteroatoms. The van der Waals surface area contributed by atoms with Gasteiger partial charge in [-0.05, 0) is 43.5 Å². The highest BCUT2D eigenvalue weighted by Crippen LogP contribution is 2.29. The highest BCUT2D eigenvalue weighted by Gasteiger charge is 2.17. The first-order valence-corrected chi connectivity index (χ1v) is 8.49. The molecule has 0 spiro atoms. The van der Waals surface area contributed by atoms with Gasteiger partial charge >= 0.3 is 0 Å².